The van der Waals surface area contributed by atoms with Crippen molar-refractivity contribution >= 4 is 23.4 Å². The summed E-state index contributed by atoms with van der Waals surface area (Å²) >= 11 is 1.31. The number of anilines is 1. The van der Waals surface area contributed by atoms with Crippen molar-refractivity contribution in [3.63, 3.8) is 0 Å². The van der Waals surface area contributed by atoms with Crippen LogP contribution < -0.4 is 19.5 Å². The lowest BCUT2D eigenvalue weighted by molar-refractivity contribution is -0.113. The van der Waals surface area contributed by atoms with Crippen molar-refractivity contribution in [3.8, 4) is 28.6 Å². The molecule has 29 heavy (non-hydrogen) atoms. The molecule has 0 aliphatic rings. The normalized spacial score (nSPS) is 10.5. The fourth-order valence-corrected chi connectivity index (χ4v) is 3.38. The molecule has 0 aliphatic heterocycles. The Morgan fingerprint density at radius 3 is 2.38 bits per heavy atom. The largest absolute Gasteiger partial charge is 0.497 e. The van der Waals surface area contributed by atoms with E-state index in [1.54, 1.807) is 45.6 Å². The minimum Gasteiger partial charge on any atom is -0.497 e. The van der Waals surface area contributed by atoms with Gasteiger partial charge in [-0.25, -0.2) is 0 Å². The molecule has 8 nitrogen and oxygen atoms in total. The maximum atomic E-state index is 12.2. The van der Waals surface area contributed by atoms with Crippen LogP contribution in [-0.4, -0.2) is 47.8 Å². The SMILES string of the molecule is COc1ccc(NC(=O)CSc2nnc(-c3ccc(OC)c(OC)c3)n2C)cc1. The maximum Gasteiger partial charge on any atom is 0.234 e. The third kappa shape index (κ3) is 4.80. The predicted octanol–water partition coefficient (Wildman–Crippen LogP) is 3.24. The molecule has 9 heteroatoms. The number of amides is 1. The average molecular weight is 414 g/mol. The zero-order valence-electron chi connectivity index (χ0n) is 16.6. The summed E-state index contributed by atoms with van der Waals surface area (Å²) in [5.41, 5.74) is 1.55. The van der Waals surface area contributed by atoms with Crippen molar-refractivity contribution in [2.75, 3.05) is 32.4 Å². The number of carbonyl (C=O) groups is 1. The second kappa shape index (κ2) is 9.33. The molecule has 3 rings (SSSR count). The number of nitrogens with one attached hydrogen (secondary N) is 1. The fourth-order valence-electron chi connectivity index (χ4n) is 2.67. The molecule has 0 aliphatic carbocycles. The van der Waals surface area contributed by atoms with E-state index in [2.05, 4.69) is 15.5 Å². The highest BCUT2D eigenvalue weighted by molar-refractivity contribution is 7.99. The molecule has 0 atom stereocenters. The first kappa shape index (κ1) is 20.5. The van der Waals surface area contributed by atoms with Crippen LogP contribution in [0.15, 0.2) is 47.6 Å². The van der Waals surface area contributed by atoms with Gasteiger partial charge in [0.05, 0.1) is 27.1 Å². The number of nitrogens with zero attached hydrogens (tertiary/aromatic N) is 3. The van der Waals surface area contributed by atoms with Gasteiger partial charge in [0.2, 0.25) is 5.91 Å². The van der Waals surface area contributed by atoms with E-state index in [0.29, 0.717) is 28.2 Å². The summed E-state index contributed by atoms with van der Waals surface area (Å²) in [7, 11) is 6.63. The highest BCUT2D eigenvalue weighted by atomic mass is 32.2. The molecule has 0 saturated carbocycles. The number of ether oxygens (including phenoxy) is 3. The molecule has 1 N–H and O–H groups in total. The lowest BCUT2D eigenvalue weighted by atomic mass is 10.2. The van der Waals surface area contributed by atoms with E-state index in [1.165, 1.54) is 11.8 Å². The Morgan fingerprint density at radius 2 is 1.72 bits per heavy atom. The Labute approximate surface area is 173 Å². The van der Waals surface area contributed by atoms with Gasteiger partial charge in [-0.15, -0.1) is 10.2 Å². The van der Waals surface area contributed by atoms with Gasteiger partial charge < -0.3 is 24.1 Å². The first-order chi connectivity index (χ1) is 14.0. The topological polar surface area (TPSA) is 87.5 Å². The van der Waals surface area contributed by atoms with Crippen molar-refractivity contribution in [1.29, 1.82) is 0 Å². The molecule has 0 saturated heterocycles. The smallest absolute Gasteiger partial charge is 0.234 e. The second-order valence-electron chi connectivity index (χ2n) is 6.00. The predicted molar refractivity (Wildman–Crippen MR) is 112 cm³/mol. The molecule has 3 aromatic rings. The Balaban J connectivity index is 1.65. The Morgan fingerprint density at radius 1 is 1.00 bits per heavy atom. The molecule has 1 amide bonds. The Bertz CT molecular complexity index is 989. The van der Waals surface area contributed by atoms with Crippen LogP contribution in [0.25, 0.3) is 11.4 Å². The van der Waals surface area contributed by atoms with E-state index in [4.69, 9.17) is 14.2 Å². The Hall–Kier alpha value is -3.20. The fraction of sp³-hybridized carbons (Fsp3) is 0.250. The number of hydrogen-bond donors (Lipinski definition) is 1. The van der Waals surface area contributed by atoms with Crippen molar-refractivity contribution < 1.29 is 19.0 Å². The first-order valence-electron chi connectivity index (χ1n) is 8.74. The molecule has 2 aromatic carbocycles. The van der Waals surface area contributed by atoms with Gasteiger partial charge in [0.25, 0.3) is 0 Å². The third-order valence-corrected chi connectivity index (χ3v) is 5.20. The lowest BCUT2D eigenvalue weighted by Gasteiger charge is -2.09. The van der Waals surface area contributed by atoms with Gasteiger partial charge in [0.15, 0.2) is 22.5 Å². The summed E-state index contributed by atoms with van der Waals surface area (Å²) in [6.45, 7) is 0. The monoisotopic (exact) mass is 414 g/mol. The summed E-state index contributed by atoms with van der Waals surface area (Å²) < 4.78 is 17.6. The maximum absolute atomic E-state index is 12.2. The van der Waals surface area contributed by atoms with Crippen molar-refractivity contribution in [1.82, 2.24) is 14.8 Å². The van der Waals surface area contributed by atoms with Crippen LogP contribution in [-0.2, 0) is 11.8 Å². The van der Waals surface area contributed by atoms with Crippen LogP contribution in [0.4, 0.5) is 5.69 Å². The van der Waals surface area contributed by atoms with Gasteiger partial charge in [-0.05, 0) is 42.5 Å². The molecule has 1 aromatic heterocycles. The number of aromatic nitrogens is 3. The molecule has 0 radical (unpaired) electrons. The number of rotatable bonds is 8. The summed E-state index contributed by atoms with van der Waals surface area (Å²) in [5.74, 6) is 2.74. The van der Waals surface area contributed by atoms with E-state index in [1.807, 2.05) is 29.8 Å². The third-order valence-electron chi connectivity index (χ3n) is 4.18. The zero-order chi connectivity index (χ0) is 20.8. The van der Waals surface area contributed by atoms with E-state index in [-0.39, 0.29) is 11.7 Å². The summed E-state index contributed by atoms with van der Waals surface area (Å²) in [5, 5.41) is 11.9. The van der Waals surface area contributed by atoms with E-state index < -0.39 is 0 Å². The van der Waals surface area contributed by atoms with E-state index >= 15 is 0 Å². The average Bonchev–Trinajstić information content (AvgIpc) is 3.12. The summed E-state index contributed by atoms with van der Waals surface area (Å²) in [6, 6.07) is 12.7. The molecule has 0 unspecified atom stereocenters. The molecule has 152 valence electrons. The molecule has 1 heterocycles. The van der Waals surface area contributed by atoms with Crippen LogP contribution in [0.5, 0.6) is 17.2 Å². The molecule has 0 bridgehead atoms. The zero-order valence-corrected chi connectivity index (χ0v) is 17.4. The second-order valence-corrected chi connectivity index (χ2v) is 6.94. The minimum atomic E-state index is -0.129. The molecule has 0 spiro atoms. The highest BCUT2D eigenvalue weighted by Gasteiger charge is 2.15. The van der Waals surface area contributed by atoms with Gasteiger partial charge in [0, 0.05) is 18.3 Å². The standard InChI is InChI=1S/C20H22N4O4S/c1-24-19(13-5-10-16(27-3)17(11-13)28-4)22-23-20(24)29-12-18(25)21-14-6-8-15(26-2)9-7-14/h5-11H,12H2,1-4H3,(H,21,25). The highest BCUT2D eigenvalue weighted by Crippen LogP contribution is 2.32. The van der Waals surface area contributed by atoms with Gasteiger partial charge in [-0.3, -0.25) is 4.79 Å². The lowest BCUT2D eigenvalue weighted by Crippen LogP contribution is -2.14. The summed E-state index contributed by atoms with van der Waals surface area (Å²) in [6.07, 6.45) is 0. The van der Waals surface area contributed by atoms with Crippen LogP contribution >= 0.6 is 11.8 Å². The quantitative estimate of drug-likeness (QED) is 0.566. The van der Waals surface area contributed by atoms with E-state index in [9.17, 15) is 4.79 Å². The minimum absolute atomic E-state index is 0.129. The van der Waals surface area contributed by atoms with Gasteiger partial charge in [-0.2, -0.15) is 0 Å². The number of carbonyl (C=O) groups excluding carboxylic acids is 1. The van der Waals surface area contributed by atoms with Gasteiger partial charge in [-0.1, -0.05) is 11.8 Å². The Kier molecular flexibility index (Phi) is 6.61. The number of thioether (sulfide) groups is 1. The molecular weight excluding hydrogens is 392 g/mol. The van der Waals surface area contributed by atoms with Crippen LogP contribution in [0.2, 0.25) is 0 Å². The van der Waals surface area contributed by atoms with Gasteiger partial charge >= 0.3 is 0 Å². The number of methoxy groups -OCH3 is 3. The summed E-state index contributed by atoms with van der Waals surface area (Å²) in [4.78, 5) is 12.2. The van der Waals surface area contributed by atoms with Gasteiger partial charge in [0.1, 0.15) is 5.75 Å². The van der Waals surface area contributed by atoms with Crippen molar-refractivity contribution in [3.05, 3.63) is 42.5 Å². The first-order valence-corrected chi connectivity index (χ1v) is 9.72. The number of hydrogen-bond acceptors (Lipinski definition) is 7. The van der Waals surface area contributed by atoms with Crippen LogP contribution in [0.1, 0.15) is 0 Å². The number of benzene rings is 2. The van der Waals surface area contributed by atoms with Crippen LogP contribution in [0.3, 0.4) is 0 Å². The van der Waals surface area contributed by atoms with Crippen LogP contribution in [0, 0.1) is 0 Å². The molecule has 0 fully saturated rings. The van der Waals surface area contributed by atoms with Crippen molar-refractivity contribution in [2.24, 2.45) is 7.05 Å². The van der Waals surface area contributed by atoms with E-state index in [0.717, 1.165) is 11.3 Å². The van der Waals surface area contributed by atoms with Crippen molar-refractivity contribution in [2.45, 2.75) is 5.16 Å². The molecular formula is C20H22N4O4S.